The minimum atomic E-state index is 0.420. The zero-order valence-corrected chi connectivity index (χ0v) is 12.6. The SMILES string of the molecule is CC1CC(C)(C)CC2(C)CC(C(C)C)(CO1)C2. The molecule has 17 heavy (non-hydrogen) atoms. The quantitative estimate of drug-likeness (QED) is 0.646. The van der Waals surface area contributed by atoms with Crippen LogP contribution in [0, 0.1) is 22.2 Å². The summed E-state index contributed by atoms with van der Waals surface area (Å²) in [6.45, 7) is 15.3. The van der Waals surface area contributed by atoms with Gasteiger partial charge in [0.2, 0.25) is 0 Å². The Balaban J connectivity index is 2.19. The highest BCUT2D eigenvalue weighted by atomic mass is 16.5. The van der Waals surface area contributed by atoms with Gasteiger partial charge in [-0.25, -0.2) is 0 Å². The Morgan fingerprint density at radius 3 is 2.18 bits per heavy atom. The monoisotopic (exact) mass is 238 g/mol. The Bertz CT molecular complexity index is 284. The van der Waals surface area contributed by atoms with Gasteiger partial charge < -0.3 is 4.74 Å². The fourth-order valence-electron chi connectivity index (χ4n) is 4.82. The van der Waals surface area contributed by atoms with E-state index in [0.29, 0.717) is 22.3 Å². The van der Waals surface area contributed by atoms with Crippen molar-refractivity contribution in [1.29, 1.82) is 0 Å². The Labute approximate surface area is 107 Å². The minimum Gasteiger partial charge on any atom is -0.378 e. The van der Waals surface area contributed by atoms with Crippen LogP contribution < -0.4 is 0 Å². The van der Waals surface area contributed by atoms with Gasteiger partial charge in [0.15, 0.2) is 0 Å². The van der Waals surface area contributed by atoms with Crippen LogP contribution in [0.15, 0.2) is 0 Å². The van der Waals surface area contributed by atoms with Gasteiger partial charge in [-0.1, -0.05) is 34.6 Å². The van der Waals surface area contributed by atoms with E-state index in [2.05, 4.69) is 41.5 Å². The maximum Gasteiger partial charge on any atom is 0.0552 e. The van der Waals surface area contributed by atoms with Crippen molar-refractivity contribution in [3.05, 3.63) is 0 Å². The fraction of sp³-hybridized carbons (Fsp3) is 1.00. The third kappa shape index (κ3) is 2.54. The fourth-order valence-corrected chi connectivity index (χ4v) is 4.82. The van der Waals surface area contributed by atoms with Crippen molar-refractivity contribution in [3.8, 4) is 0 Å². The van der Waals surface area contributed by atoms with Crippen LogP contribution in [-0.4, -0.2) is 12.7 Å². The lowest BCUT2D eigenvalue weighted by Crippen LogP contribution is -2.51. The zero-order chi connectivity index (χ0) is 12.9. The maximum atomic E-state index is 6.16. The summed E-state index contributed by atoms with van der Waals surface area (Å²) in [7, 11) is 0. The Hall–Kier alpha value is -0.0400. The molecule has 1 heteroatoms. The van der Waals surface area contributed by atoms with Crippen molar-refractivity contribution in [2.75, 3.05) is 6.61 Å². The van der Waals surface area contributed by atoms with Crippen LogP contribution in [0.25, 0.3) is 0 Å². The molecular weight excluding hydrogens is 208 g/mol. The highest BCUT2D eigenvalue weighted by Gasteiger charge is 2.55. The molecule has 2 heterocycles. The van der Waals surface area contributed by atoms with E-state index in [1.54, 1.807) is 0 Å². The third-order valence-electron chi connectivity index (χ3n) is 5.18. The molecule has 1 aliphatic carbocycles. The van der Waals surface area contributed by atoms with E-state index in [4.69, 9.17) is 4.74 Å². The van der Waals surface area contributed by atoms with Gasteiger partial charge in [0, 0.05) is 0 Å². The molecule has 0 aromatic heterocycles. The van der Waals surface area contributed by atoms with Crippen LogP contribution in [-0.2, 0) is 4.74 Å². The molecule has 1 atom stereocenters. The summed E-state index contributed by atoms with van der Waals surface area (Å²) in [4.78, 5) is 0. The smallest absolute Gasteiger partial charge is 0.0552 e. The highest BCUT2D eigenvalue weighted by Crippen LogP contribution is 2.63. The van der Waals surface area contributed by atoms with Gasteiger partial charge in [0.1, 0.15) is 0 Å². The molecule has 0 radical (unpaired) electrons. The van der Waals surface area contributed by atoms with E-state index >= 15 is 0 Å². The second-order valence-electron chi connectivity index (χ2n) is 8.35. The molecule has 2 bridgehead atoms. The van der Waals surface area contributed by atoms with Gasteiger partial charge in [-0.2, -0.15) is 0 Å². The van der Waals surface area contributed by atoms with Gasteiger partial charge in [0.05, 0.1) is 12.7 Å². The maximum absolute atomic E-state index is 6.16. The van der Waals surface area contributed by atoms with Crippen LogP contribution >= 0.6 is 0 Å². The first kappa shape index (κ1) is 13.4. The molecular formula is C16H30O. The normalized spacial score (nSPS) is 45.7. The van der Waals surface area contributed by atoms with Crippen LogP contribution in [0.2, 0.25) is 0 Å². The van der Waals surface area contributed by atoms with Gasteiger partial charge in [-0.05, 0) is 54.8 Å². The average molecular weight is 238 g/mol. The third-order valence-corrected chi connectivity index (χ3v) is 5.18. The topological polar surface area (TPSA) is 9.23 Å². The predicted molar refractivity (Wildman–Crippen MR) is 73.0 cm³/mol. The number of hydrogen-bond donors (Lipinski definition) is 0. The minimum absolute atomic E-state index is 0.420. The summed E-state index contributed by atoms with van der Waals surface area (Å²) in [6, 6.07) is 0. The van der Waals surface area contributed by atoms with E-state index in [1.807, 2.05) is 0 Å². The van der Waals surface area contributed by atoms with Crippen molar-refractivity contribution in [2.45, 2.75) is 73.3 Å². The van der Waals surface area contributed by atoms with Gasteiger partial charge in [-0.15, -0.1) is 0 Å². The summed E-state index contributed by atoms with van der Waals surface area (Å²) in [5, 5.41) is 0. The highest BCUT2D eigenvalue weighted by molar-refractivity contribution is 5.05. The molecule has 2 aliphatic heterocycles. The van der Waals surface area contributed by atoms with Crippen LogP contribution in [0.3, 0.4) is 0 Å². The Morgan fingerprint density at radius 1 is 1.06 bits per heavy atom. The first-order chi connectivity index (χ1) is 7.67. The number of ether oxygens (including phenoxy) is 1. The molecule has 3 aliphatic rings. The summed E-state index contributed by atoms with van der Waals surface area (Å²) in [5.41, 5.74) is 1.48. The molecule has 1 nitrogen and oxygen atoms in total. The molecule has 1 unspecified atom stereocenters. The molecule has 100 valence electrons. The summed E-state index contributed by atoms with van der Waals surface area (Å²) >= 11 is 0. The van der Waals surface area contributed by atoms with Crippen molar-refractivity contribution in [1.82, 2.24) is 0 Å². The standard InChI is InChI=1S/C16H30O/c1-12(2)16-9-15(6,10-16)8-14(4,5)7-13(3)17-11-16/h12-13H,7-11H2,1-6H3. The average Bonchev–Trinajstić information content (AvgIpc) is 2.13. The lowest BCUT2D eigenvalue weighted by atomic mass is 9.47. The molecule has 3 fully saturated rings. The summed E-state index contributed by atoms with van der Waals surface area (Å²) < 4.78 is 6.16. The molecule has 0 aromatic rings. The van der Waals surface area contributed by atoms with Crippen LogP contribution in [0.5, 0.6) is 0 Å². The van der Waals surface area contributed by atoms with Gasteiger partial charge >= 0.3 is 0 Å². The lowest BCUT2D eigenvalue weighted by molar-refractivity contribution is -0.123. The van der Waals surface area contributed by atoms with Crippen molar-refractivity contribution in [2.24, 2.45) is 22.2 Å². The van der Waals surface area contributed by atoms with E-state index in [9.17, 15) is 0 Å². The largest absolute Gasteiger partial charge is 0.378 e. The van der Waals surface area contributed by atoms with E-state index in [1.165, 1.54) is 25.7 Å². The van der Waals surface area contributed by atoms with Gasteiger partial charge in [-0.3, -0.25) is 0 Å². The Morgan fingerprint density at radius 2 is 1.65 bits per heavy atom. The van der Waals surface area contributed by atoms with E-state index < -0.39 is 0 Å². The molecule has 0 amide bonds. The van der Waals surface area contributed by atoms with E-state index in [-0.39, 0.29) is 0 Å². The number of hydrogen-bond acceptors (Lipinski definition) is 1. The van der Waals surface area contributed by atoms with Crippen LogP contribution in [0.1, 0.15) is 67.2 Å². The van der Waals surface area contributed by atoms with Gasteiger partial charge in [0.25, 0.3) is 0 Å². The first-order valence-corrected chi connectivity index (χ1v) is 7.28. The molecule has 0 N–H and O–H groups in total. The number of fused-ring (bicyclic) bond motifs is 5. The van der Waals surface area contributed by atoms with Crippen molar-refractivity contribution in [3.63, 3.8) is 0 Å². The molecule has 3 rings (SSSR count). The van der Waals surface area contributed by atoms with E-state index in [0.717, 1.165) is 12.5 Å². The van der Waals surface area contributed by atoms with Crippen LogP contribution in [0.4, 0.5) is 0 Å². The zero-order valence-electron chi connectivity index (χ0n) is 12.6. The summed E-state index contributed by atoms with van der Waals surface area (Å²) in [6.07, 6.45) is 5.73. The second kappa shape index (κ2) is 3.98. The Kier molecular flexibility index (Phi) is 3.14. The predicted octanol–water partition coefficient (Wildman–Crippen LogP) is 4.65. The second-order valence-corrected chi connectivity index (χ2v) is 8.35. The van der Waals surface area contributed by atoms with Crippen molar-refractivity contribution >= 4 is 0 Å². The molecule has 1 saturated carbocycles. The summed E-state index contributed by atoms with van der Waals surface area (Å²) in [5.74, 6) is 0.754. The van der Waals surface area contributed by atoms with Crippen molar-refractivity contribution < 1.29 is 4.74 Å². The first-order valence-electron chi connectivity index (χ1n) is 7.28. The molecule has 0 spiro atoms. The lowest BCUT2D eigenvalue weighted by Gasteiger charge is -2.58. The molecule has 2 saturated heterocycles. The number of rotatable bonds is 1. The molecule has 0 aromatic carbocycles.